The van der Waals surface area contributed by atoms with Gasteiger partial charge in [0.2, 0.25) is 5.71 Å². The van der Waals surface area contributed by atoms with Gasteiger partial charge in [0.05, 0.1) is 0 Å². The lowest BCUT2D eigenvalue weighted by atomic mass is 10.3. The minimum absolute atomic E-state index is 0.231. The van der Waals surface area contributed by atoms with Gasteiger partial charge in [0.15, 0.2) is 0 Å². The maximum atomic E-state index is 10.3. The molecule has 9 heavy (non-hydrogen) atoms. The van der Waals surface area contributed by atoms with E-state index < -0.39 is 5.97 Å². The fraction of sp³-hybridized carbons (Fsp3) is 0.250. The van der Waals surface area contributed by atoms with Crippen molar-refractivity contribution in [2.75, 3.05) is 0 Å². The molecule has 0 saturated heterocycles. The highest BCUT2D eigenvalue weighted by Gasteiger charge is 2.24. The number of rotatable bonds is 0. The molecule has 1 radical (unpaired) electrons. The molecule has 0 N–H and O–H groups in total. The maximum absolute atomic E-state index is 10.3. The minimum atomic E-state index is -0.775. The summed E-state index contributed by atoms with van der Waals surface area (Å²) in [6, 6.07) is 0. The number of nitrogens with zero attached hydrogens (tertiary/aromatic N) is 2. The number of carbonyl (C=O) groups excluding carboxylic acids is 1. The average Bonchev–Trinajstić information content (AvgIpc) is 2.12. The van der Waals surface area contributed by atoms with E-state index in [0.717, 1.165) is 0 Å². The van der Waals surface area contributed by atoms with Gasteiger partial charge in [-0.2, -0.15) is 0 Å². The van der Waals surface area contributed by atoms with Gasteiger partial charge in [0, 0.05) is 0 Å². The maximum Gasteiger partial charge on any atom is 0.389 e. The van der Waals surface area contributed by atoms with Crippen molar-refractivity contribution in [3.63, 3.8) is 0 Å². The molecular formula is C4H3N2O3. The second kappa shape index (κ2) is 1.85. The highest BCUT2D eigenvalue weighted by Crippen LogP contribution is 1.98. The Balaban J connectivity index is 2.93. The van der Waals surface area contributed by atoms with E-state index >= 15 is 0 Å². The molecule has 0 spiro atoms. The van der Waals surface area contributed by atoms with Crippen LogP contribution in [0.2, 0.25) is 0 Å². The van der Waals surface area contributed by atoms with Gasteiger partial charge in [0.1, 0.15) is 5.71 Å². The second-order valence-corrected chi connectivity index (χ2v) is 1.50. The summed E-state index contributed by atoms with van der Waals surface area (Å²) < 4.78 is 0. The monoisotopic (exact) mass is 127 g/mol. The van der Waals surface area contributed by atoms with Crippen LogP contribution >= 0.6 is 0 Å². The highest BCUT2D eigenvalue weighted by molar-refractivity contribution is 6.66. The number of hydrogen-bond acceptors (Lipinski definition) is 4. The highest BCUT2D eigenvalue weighted by atomic mass is 16.7. The summed E-state index contributed by atoms with van der Waals surface area (Å²) in [5.41, 5.74) is -0.00926. The summed E-state index contributed by atoms with van der Waals surface area (Å²) >= 11 is 0. The van der Waals surface area contributed by atoms with Crippen molar-refractivity contribution < 1.29 is 14.8 Å². The Bertz CT molecular complexity index is 206. The molecule has 1 heterocycles. The minimum Gasteiger partial charge on any atom is -0.310 e. The van der Waals surface area contributed by atoms with E-state index in [4.69, 9.17) is 0 Å². The number of hydrogen-bond donors (Lipinski definition) is 0. The van der Waals surface area contributed by atoms with Crippen LogP contribution in [-0.2, 0) is 14.8 Å². The van der Waals surface area contributed by atoms with E-state index in [9.17, 15) is 10.0 Å². The van der Waals surface area contributed by atoms with E-state index in [0.29, 0.717) is 0 Å². The lowest BCUT2D eigenvalue weighted by molar-refractivity contribution is -0.134. The SMILES string of the molecule is CC1=NOC(=O)/C1=N/[O]. The summed E-state index contributed by atoms with van der Waals surface area (Å²) in [5.74, 6) is -0.775. The molecule has 0 aromatic heterocycles. The largest absolute Gasteiger partial charge is 0.389 e. The second-order valence-electron chi connectivity index (χ2n) is 1.50. The Hall–Kier alpha value is -1.39. The third-order valence-corrected chi connectivity index (χ3v) is 0.893. The van der Waals surface area contributed by atoms with Crippen LogP contribution in [0.25, 0.3) is 0 Å². The lowest BCUT2D eigenvalue weighted by Gasteiger charge is -1.79. The molecule has 0 atom stereocenters. The van der Waals surface area contributed by atoms with Crippen LogP contribution in [0.15, 0.2) is 10.3 Å². The fourth-order valence-corrected chi connectivity index (χ4v) is 0.447. The molecule has 0 amide bonds. The molecule has 0 aliphatic carbocycles. The van der Waals surface area contributed by atoms with Crippen LogP contribution in [0.5, 0.6) is 0 Å². The predicted molar refractivity (Wildman–Crippen MR) is 27.3 cm³/mol. The molecule has 1 aliphatic heterocycles. The van der Waals surface area contributed by atoms with Crippen LogP contribution in [0.3, 0.4) is 0 Å². The Morgan fingerprint density at radius 2 is 2.33 bits per heavy atom. The van der Waals surface area contributed by atoms with Crippen LogP contribution in [0.4, 0.5) is 0 Å². The first-order valence-corrected chi connectivity index (χ1v) is 2.22. The number of carbonyl (C=O) groups is 1. The topological polar surface area (TPSA) is 70.9 Å². The summed E-state index contributed by atoms with van der Waals surface area (Å²) in [6.45, 7) is 1.47. The van der Waals surface area contributed by atoms with Gasteiger partial charge < -0.3 is 4.84 Å². The summed E-state index contributed by atoms with van der Waals surface area (Å²) in [7, 11) is 0. The zero-order valence-electron chi connectivity index (χ0n) is 4.62. The van der Waals surface area contributed by atoms with Crippen LogP contribution < -0.4 is 0 Å². The standard InChI is InChI=1S/C4H3N2O3/c1-2-3(5-8)4(7)9-6-2/h1H3/b5-3+. The molecule has 0 bridgehead atoms. The van der Waals surface area contributed by atoms with Crippen molar-refractivity contribution in [2.24, 2.45) is 10.3 Å². The van der Waals surface area contributed by atoms with Crippen molar-refractivity contribution in [1.82, 2.24) is 0 Å². The first kappa shape index (κ1) is 5.74. The average molecular weight is 127 g/mol. The van der Waals surface area contributed by atoms with Crippen molar-refractivity contribution in [2.45, 2.75) is 6.92 Å². The lowest BCUT2D eigenvalue weighted by Crippen LogP contribution is -2.14. The van der Waals surface area contributed by atoms with Gasteiger partial charge >= 0.3 is 5.97 Å². The van der Waals surface area contributed by atoms with Gasteiger partial charge in [-0.1, -0.05) is 5.16 Å². The summed E-state index contributed by atoms with van der Waals surface area (Å²) in [4.78, 5) is 14.4. The van der Waals surface area contributed by atoms with E-state index in [2.05, 4.69) is 15.1 Å². The first-order chi connectivity index (χ1) is 4.25. The van der Waals surface area contributed by atoms with Crippen molar-refractivity contribution >= 4 is 17.4 Å². The normalized spacial score (nSPS) is 22.1. The van der Waals surface area contributed by atoms with Gasteiger partial charge in [-0.05, 0) is 12.1 Å². The smallest absolute Gasteiger partial charge is 0.310 e. The van der Waals surface area contributed by atoms with Crippen LogP contribution in [-0.4, -0.2) is 17.4 Å². The van der Waals surface area contributed by atoms with Crippen molar-refractivity contribution in [1.29, 1.82) is 0 Å². The molecule has 0 aromatic rings. The Morgan fingerprint density at radius 1 is 1.67 bits per heavy atom. The van der Waals surface area contributed by atoms with E-state index in [1.54, 1.807) is 0 Å². The zero-order valence-corrected chi connectivity index (χ0v) is 4.62. The molecule has 1 rings (SSSR count). The predicted octanol–water partition coefficient (Wildman–Crippen LogP) is -0.294. The van der Waals surface area contributed by atoms with Crippen LogP contribution in [0.1, 0.15) is 6.92 Å². The molecule has 5 nitrogen and oxygen atoms in total. The van der Waals surface area contributed by atoms with Gasteiger partial charge in [-0.3, -0.25) is 0 Å². The molecule has 0 unspecified atom stereocenters. The summed E-state index contributed by atoms with van der Waals surface area (Å²) in [5, 5.41) is 15.4. The number of oxime groups is 1. The fourth-order valence-electron chi connectivity index (χ4n) is 0.447. The molecule has 0 fully saturated rings. The molecule has 47 valence electrons. The first-order valence-electron chi connectivity index (χ1n) is 2.22. The van der Waals surface area contributed by atoms with Crippen molar-refractivity contribution in [3.8, 4) is 0 Å². The molecule has 1 aliphatic rings. The molecule has 0 saturated carbocycles. The van der Waals surface area contributed by atoms with E-state index in [1.807, 2.05) is 0 Å². The molecular weight excluding hydrogens is 124 g/mol. The van der Waals surface area contributed by atoms with Gasteiger partial charge in [-0.25, -0.2) is 4.79 Å². The van der Waals surface area contributed by atoms with Gasteiger partial charge in [-0.15, -0.1) is 5.21 Å². The Kier molecular flexibility index (Phi) is 1.18. The third-order valence-electron chi connectivity index (χ3n) is 0.893. The Labute approximate surface area is 50.6 Å². The molecule has 0 aromatic carbocycles. The van der Waals surface area contributed by atoms with Gasteiger partial charge in [0.25, 0.3) is 0 Å². The van der Waals surface area contributed by atoms with Crippen molar-refractivity contribution in [3.05, 3.63) is 0 Å². The van der Waals surface area contributed by atoms with Crippen LogP contribution in [0, 0.1) is 0 Å². The third kappa shape index (κ3) is 0.758. The zero-order chi connectivity index (χ0) is 6.85. The van der Waals surface area contributed by atoms with E-state index in [1.165, 1.54) is 6.92 Å². The van der Waals surface area contributed by atoms with E-state index in [-0.39, 0.29) is 11.4 Å². The quantitative estimate of drug-likeness (QED) is 0.331. The summed E-state index contributed by atoms with van der Waals surface area (Å²) in [6.07, 6.45) is 0. The Morgan fingerprint density at radius 3 is 2.56 bits per heavy atom. The molecule has 5 heteroatoms.